The smallest absolute Gasteiger partial charge is 0.309 e. The molecule has 1 unspecified atom stereocenters. The molecule has 0 aliphatic carbocycles. The van der Waals surface area contributed by atoms with E-state index in [1.165, 1.54) is 7.11 Å². The highest BCUT2D eigenvalue weighted by Crippen LogP contribution is 2.22. The van der Waals surface area contributed by atoms with Crippen LogP contribution in [-0.4, -0.2) is 38.1 Å². The third-order valence-electron chi connectivity index (χ3n) is 3.13. The van der Waals surface area contributed by atoms with Gasteiger partial charge in [0.05, 0.1) is 20.1 Å². The van der Waals surface area contributed by atoms with E-state index in [4.69, 9.17) is 9.47 Å². The van der Waals surface area contributed by atoms with Crippen LogP contribution in [0.5, 0.6) is 0 Å². The van der Waals surface area contributed by atoms with Gasteiger partial charge in [-0.1, -0.05) is 12.1 Å². The van der Waals surface area contributed by atoms with Crippen molar-refractivity contribution in [3.05, 3.63) is 29.8 Å². The fourth-order valence-corrected chi connectivity index (χ4v) is 2.07. The molecule has 5 nitrogen and oxygen atoms in total. The highest BCUT2D eigenvalue weighted by molar-refractivity contribution is 5.72. The minimum Gasteiger partial charge on any atom is -0.469 e. The van der Waals surface area contributed by atoms with E-state index in [-0.39, 0.29) is 12.1 Å². The van der Waals surface area contributed by atoms with Gasteiger partial charge in [-0.3, -0.25) is 4.79 Å². The number of hydrogen-bond acceptors (Lipinski definition) is 5. The number of benzene rings is 1. The minimum absolute atomic E-state index is 0.0553. The van der Waals surface area contributed by atoms with E-state index in [0.29, 0.717) is 19.6 Å². The Morgan fingerprint density at radius 2 is 2.10 bits per heavy atom. The van der Waals surface area contributed by atoms with Gasteiger partial charge in [-0.2, -0.15) is 0 Å². The summed E-state index contributed by atoms with van der Waals surface area (Å²) in [6, 6.07) is 7.71. The number of carbonyl (C=O) groups excluding carboxylic acids is 1. The van der Waals surface area contributed by atoms with Gasteiger partial charge in [0.15, 0.2) is 5.79 Å². The fraction of sp³-hybridized carbons (Fsp3) is 0.533. The normalized spacial score (nSPS) is 20.6. The van der Waals surface area contributed by atoms with Crippen LogP contribution in [-0.2, 0) is 25.4 Å². The van der Waals surface area contributed by atoms with Gasteiger partial charge in [0.1, 0.15) is 6.10 Å². The Morgan fingerprint density at radius 1 is 1.40 bits per heavy atom. The Balaban J connectivity index is 1.81. The summed E-state index contributed by atoms with van der Waals surface area (Å²) in [4.78, 5) is 11.2. The van der Waals surface area contributed by atoms with Gasteiger partial charge < -0.3 is 19.5 Å². The first kappa shape index (κ1) is 14.8. The third kappa shape index (κ3) is 4.21. The van der Waals surface area contributed by atoms with E-state index in [2.05, 4.69) is 10.1 Å². The molecule has 0 spiro atoms. The Morgan fingerprint density at radius 3 is 2.65 bits per heavy atom. The zero-order valence-corrected chi connectivity index (χ0v) is 12.1. The molecule has 0 radical (unpaired) electrons. The van der Waals surface area contributed by atoms with Crippen molar-refractivity contribution in [3.63, 3.8) is 0 Å². The van der Waals surface area contributed by atoms with Gasteiger partial charge in [0.2, 0.25) is 0 Å². The lowest BCUT2D eigenvalue weighted by molar-refractivity contribution is -0.139. The number of nitrogens with one attached hydrogen (secondary N) is 1. The predicted octanol–water partition coefficient (Wildman–Crippen LogP) is 1.97. The molecular formula is C15H21NO4. The molecule has 1 aliphatic heterocycles. The molecule has 0 saturated carbocycles. The lowest BCUT2D eigenvalue weighted by Gasteiger charge is -2.17. The standard InChI is InChI=1S/C15H21NO4/c1-15(2)19-10-13(20-15)9-16-12-6-4-11(5-7-12)8-14(17)18-3/h4-7,13,16H,8-10H2,1-3H3. The first-order valence-corrected chi connectivity index (χ1v) is 6.70. The van der Waals surface area contributed by atoms with Crippen molar-refractivity contribution in [1.82, 2.24) is 0 Å². The second kappa shape index (κ2) is 6.24. The van der Waals surface area contributed by atoms with Crippen LogP contribution in [0.1, 0.15) is 19.4 Å². The van der Waals surface area contributed by atoms with Crippen LogP contribution in [0.25, 0.3) is 0 Å². The van der Waals surface area contributed by atoms with Crippen LogP contribution in [0.15, 0.2) is 24.3 Å². The molecule has 1 aliphatic rings. The molecule has 2 rings (SSSR count). The molecule has 110 valence electrons. The Labute approximate surface area is 119 Å². The summed E-state index contributed by atoms with van der Waals surface area (Å²) in [6.45, 7) is 5.11. The van der Waals surface area contributed by atoms with Gasteiger partial charge in [-0.25, -0.2) is 0 Å². The van der Waals surface area contributed by atoms with Crippen molar-refractivity contribution in [2.24, 2.45) is 0 Å². The SMILES string of the molecule is COC(=O)Cc1ccc(NCC2COC(C)(C)O2)cc1. The number of methoxy groups -OCH3 is 1. The summed E-state index contributed by atoms with van der Waals surface area (Å²) < 4.78 is 15.9. The van der Waals surface area contributed by atoms with E-state index in [1.807, 2.05) is 38.1 Å². The number of ether oxygens (including phenoxy) is 3. The Hall–Kier alpha value is -1.59. The minimum atomic E-state index is -0.489. The molecule has 1 fully saturated rings. The van der Waals surface area contributed by atoms with Crippen LogP contribution in [0.3, 0.4) is 0 Å². The monoisotopic (exact) mass is 279 g/mol. The summed E-state index contributed by atoms with van der Waals surface area (Å²) >= 11 is 0. The summed E-state index contributed by atoms with van der Waals surface area (Å²) in [5.41, 5.74) is 1.93. The number of esters is 1. The van der Waals surface area contributed by atoms with E-state index in [9.17, 15) is 4.79 Å². The summed E-state index contributed by atoms with van der Waals surface area (Å²) in [6.07, 6.45) is 0.351. The van der Waals surface area contributed by atoms with Crippen molar-refractivity contribution in [1.29, 1.82) is 0 Å². The molecule has 0 aromatic heterocycles. The third-order valence-corrected chi connectivity index (χ3v) is 3.13. The Bertz CT molecular complexity index is 455. The van der Waals surface area contributed by atoms with Gasteiger partial charge in [0.25, 0.3) is 0 Å². The second-order valence-electron chi connectivity index (χ2n) is 5.28. The quantitative estimate of drug-likeness (QED) is 0.835. The molecule has 1 aromatic carbocycles. The number of hydrogen-bond donors (Lipinski definition) is 1. The predicted molar refractivity (Wildman–Crippen MR) is 75.6 cm³/mol. The molecule has 1 atom stereocenters. The van der Waals surface area contributed by atoms with E-state index < -0.39 is 5.79 Å². The van der Waals surface area contributed by atoms with E-state index in [0.717, 1.165) is 11.3 Å². The van der Waals surface area contributed by atoms with Gasteiger partial charge >= 0.3 is 5.97 Å². The summed E-state index contributed by atoms with van der Waals surface area (Å²) in [7, 11) is 1.39. The number of rotatable bonds is 5. The van der Waals surface area contributed by atoms with Crippen LogP contribution in [0.4, 0.5) is 5.69 Å². The van der Waals surface area contributed by atoms with E-state index in [1.54, 1.807) is 0 Å². The fourth-order valence-electron chi connectivity index (χ4n) is 2.07. The molecule has 0 amide bonds. The number of carbonyl (C=O) groups is 1. The molecule has 5 heteroatoms. The Kier molecular flexibility index (Phi) is 4.62. The van der Waals surface area contributed by atoms with Gasteiger partial charge in [-0.05, 0) is 31.5 Å². The largest absolute Gasteiger partial charge is 0.469 e. The highest BCUT2D eigenvalue weighted by Gasteiger charge is 2.32. The molecule has 1 saturated heterocycles. The van der Waals surface area contributed by atoms with Crippen molar-refractivity contribution in [3.8, 4) is 0 Å². The van der Waals surface area contributed by atoms with Crippen LogP contribution in [0.2, 0.25) is 0 Å². The lowest BCUT2D eigenvalue weighted by Crippen LogP contribution is -2.25. The van der Waals surface area contributed by atoms with Crippen LogP contribution in [0, 0.1) is 0 Å². The second-order valence-corrected chi connectivity index (χ2v) is 5.28. The van der Waals surface area contributed by atoms with Crippen molar-refractivity contribution < 1.29 is 19.0 Å². The molecule has 0 bridgehead atoms. The van der Waals surface area contributed by atoms with Crippen LogP contribution < -0.4 is 5.32 Å². The first-order chi connectivity index (χ1) is 9.48. The van der Waals surface area contributed by atoms with E-state index >= 15 is 0 Å². The average molecular weight is 279 g/mol. The average Bonchev–Trinajstić information content (AvgIpc) is 2.77. The first-order valence-electron chi connectivity index (χ1n) is 6.70. The van der Waals surface area contributed by atoms with Crippen molar-refractivity contribution >= 4 is 11.7 Å². The molecular weight excluding hydrogens is 258 g/mol. The molecule has 1 aromatic rings. The van der Waals surface area contributed by atoms with Crippen LogP contribution >= 0.6 is 0 Å². The van der Waals surface area contributed by atoms with Crippen molar-refractivity contribution in [2.75, 3.05) is 25.6 Å². The molecule has 1 heterocycles. The summed E-state index contributed by atoms with van der Waals surface area (Å²) in [5.74, 6) is -0.721. The van der Waals surface area contributed by atoms with Gasteiger partial charge in [-0.15, -0.1) is 0 Å². The van der Waals surface area contributed by atoms with Gasteiger partial charge in [0, 0.05) is 12.2 Å². The molecule has 20 heavy (non-hydrogen) atoms. The topological polar surface area (TPSA) is 56.8 Å². The molecule has 1 N–H and O–H groups in total. The highest BCUT2D eigenvalue weighted by atomic mass is 16.7. The van der Waals surface area contributed by atoms with Crippen molar-refractivity contribution in [2.45, 2.75) is 32.2 Å². The zero-order valence-electron chi connectivity index (χ0n) is 12.1. The zero-order chi connectivity index (χ0) is 14.6. The maximum atomic E-state index is 11.2. The summed E-state index contributed by atoms with van der Waals surface area (Å²) in [5, 5.41) is 3.30. The maximum absolute atomic E-state index is 11.2. The maximum Gasteiger partial charge on any atom is 0.309 e. The number of anilines is 1. The lowest BCUT2D eigenvalue weighted by atomic mass is 10.1.